The van der Waals surface area contributed by atoms with Gasteiger partial charge in [-0.1, -0.05) is 60.7 Å². The highest BCUT2D eigenvalue weighted by Crippen LogP contribution is 2.34. The molecule has 4 aromatic rings. The van der Waals surface area contributed by atoms with Gasteiger partial charge in [0.05, 0.1) is 25.0 Å². The number of benzene rings is 4. The third-order valence-electron chi connectivity index (χ3n) is 6.58. The van der Waals surface area contributed by atoms with Gasteiger partial charge in [0.1, 0.15) is 10.5 Å². The molecule has 0 aromatic heterocycles. The molecule has 152 valence electrons. The van der Waals surface area contributed by atoms with Crippen molar-refractivity contribution in [2.45, 2.75) is 23.3 Å². The van der Waals surface area contributed by atoms with Crippen LogP contribution in [0.2, 0.25) is 0 Å². The maximum atomic E-state index is 2.47. The van der Waals surface area contributed by atoms with Crippen LogP contribution in [0.4, 0.5) is 0 Å². The summed E-state index contributed by atoms with van der Waals surface area (Å²) in [5.74, 6) is 0. The van der Waals surface area contributed by atoms with E-state index in [-0.39, 0.29) is 0 Å². The zero-order valence-electron chi connectivity index (χ0n) is 18.3. The van der Waals surface area contributed by atoms with Gasteiger partial charge in [0.2, 0.25) is 0 Å². The first-order chi connectivity index (χ1) is 14.5. The van der Waals surface area contributed by atoms with Gasteiger partial charge < -0.3 is 0 Å². The van der Waals surface area contributed by atoms with Crippen molar-refractivity contribution in [2.24, 2.45) is 0 Å². The molecule has 2 atom stereocenters. The molecule has 0 saturated heterocycles. The van der Waals surface area contributed by atoms with E-state index in [1.807, 2.05) is 0 Å². The Kier molecular flexibility index (Phi) is 5.33. The molecule has 1 aliphatic rings. The van der Waals surface area contributed by atoms with Crippen LogP contribution in [0, 0.1) is 0 Å². The molecule has 2 heteroatoms. The van der Waals surface area contributed by atoms with Crippen LogP contribution in [-0.2, 0) is 34.6 Å². The molecule has 4 aromatic carbocycles. The second-order valence-corrected chi connectivity index (χ2v) is 13.7. The molecule has 0 radical (unpaired) electrons. The lowest BCUT2D eigenvalue weighted by Crippen LogP contribution is -2.15. The van der Waals surface area contributed by atoms with Crippen molar-refractivity contribution < 1.29 is 0 Å². The van der Waals surface area contributed by atoms with Crippen LogP contribution in [0.25, 0.3) is 21.5 Å². The fourth-order valence-corrected chi connectivity index (χ4v) is 7.26. The van der Waals surface area contributed by atoms with Gasteiger partial charge >= 0.3 is 0 Å². The van der Waals surface area contributed by atoms with E-state index in [0.29, 0.717) is 32.3 Å². The fraction of sp³-hybridized carbons (Fsp3) is 0.286. The number of rotatable bonds is 2. The van der Waals surface area contributed by atoms with E-state index in [9.17, 15) is 0 Å². The number of hydrogen-bond acceptors (Lipinski definition) is 0. The Morgan fingerprint density at radius 1 is 0.500 bits per heavy atom. The molecule has 0 heterocycles. The van der Waals surface area contributed by atoms with E-state index in [4.69, 9.17) is 0 Å². The average molecular weight is 431 g/mol. The molecule has 0 nitrogen and oxygen atoms in total. The summed E-state index contributed by atoms with van der Waals surface area (Å²) in [7, 11) is 0.620. The Hall–Kier alpha value is -1.90. The van der Waals surface area contributed by atoms with E-state index in [0.717, 1.165) is 12.8 Å². The van der Waals surface area contributed by atoms with E-state index >= 15 is 0 Å². The monoisotopic (exact) mass is 430 g/mol. The Labute approximate surface area is 186 Å². The highest BCUT2D eigenvalue weighted by molar-refractivity contribution is 7.96. The highest BCUT2D eigenvalue weighted by atomic mass is 32.2. The van der Waals surface area contributed by atoms with E-state index in [1.54, 1.807) is 0 Å². The quantitative estimate of drug-likeness (QED) is 0.313. The number of fused-ring (bicyclic) bond motifs is 4. The Morgan fingerprint density at radius 3 is 1.33 bits per heavy atom. The molecule has 0 unspecified atom stereocenters. The van der Waals surface area contributed by atoms with Crippen LogP contribution in [0.3, 0.4) is 0 Å². The summed E-state index contributed by atoms with van der Waals surface area (Å²) in [6.45, 7) is 0. The smallest absolute Gasteiger partial charge is 0.0582 e. The van der Waals surface area contributed by atoms with Crippen LogP contribution >= 0.6 is 0 Å². The lowest BCUT2D eigenvalue weighted by Gasteiger charge is -2.19. The zero-order valence-corrected chi connectivity index (χ0v) is 19.9. The molecule has 0 fully saturated rings. The Bertz CT molecular complexity index is 1130. The van der Waals surface area contributed by atoms with Crippen LogP contribution in [0.5, 0.6) is 0 Å². The molecule has 30 heavy (non-hydrogen) atoms. The van der Waals surface area contributed by atoms with E-state index in [1.165, 1.54) is 43.8 Å². The molecule has 0 N–H and O–H groups in total. The first-order valence-corrected chi connectivity index (χ1v) is 14.9. The summed E-state index contributed by atoms with van der Waals surface area (Å²) in [6, 6.07) is 28.5. The van der Waals surface area contributed by atoms with Gasteiger partial charge in [0.25, 0.3) is 0 Å². The molecule has 5 rings (SSSR count). The molecular formula is C28H30S2+2. The van der Waals surface area contributed by atoms with E-state index in [2.05, 4.69) is 97.8 Å². The van der Waals surface area contributed by atoms with Gasteiger partial charge in [-0.2, -0.15) is 0 Å². The van der Waals surface area contributed by atoms with Gasteiger partial charge in [0.15, 0.2) is 0 Å². The van der Waals surface area contributed by atoms with Crippen molar-refractivity contribution in [3.63, 3.8) is 0 Å². The summed E-state index contributed by atoms with van der Waals surface area (Å²) in [5.41, 5.74) is 5.89. The van der Waals surface area contributed by atoms with Crippen molar-refractivity contribution in [1.82, 2.24) is 0 Å². The molecule has 0 amide bonds. The summed E-state index contributed by atoms with van der Waals surface area (Å²) in [5, 5.41) is 6.62. The third kappa shape index (κ3) is 3.76. The fourth-order valence-electron chi connectivity index (χ4n) is 4.83. The molecule has 6 bridgehead atoms. The minimum absolute atomic E-state index is 0.310. The minimum Gasteiger partial charge on any atom is -0.0582 e. The predicted molar refractivity (Wildman–Crippen MR) is 139 cm³/mol. The average Bonchev–Trinajstić information content (AvgIpc) is 2.73. The molecule has 0 saturated carbocycles. The predicted octanol–water partition coefficient (Wildman–Crippen LogP) is 6.63. The maximum Gasteiger partial charge on any atom is 0.146 e. The lowest BCUT2D eigenvalue weighted by atomic mass is 9.94. The van der Waals surface area contributed by atoms with Crippen LogP contribution in [0.15, 0.2) is 72.8 Å². The zero-order chi connectivity index (χ0) is 20.8. The molecular weight excluding hydrogens is 400 g/mol. The number of hydrogen-bond donors (Lipinski definition) is 0. The SMILES string of the molecule is C[S+](C)[C@@H]1Cc2ccc3ccc(cc3c2)C[C@H]([S+](C)C)c2ccc3ccc1cc3c2. The largest absolute Gasteiger partial charge is 0.146 e. The standard InChI is InChI=1S/C28H30S2/c1-29(2)27-15-19-5-7-21-8-6-20(14-25(21)13-19)16-28(30(3)4)24-12-10-22-9-11-23(27)17-26(22)18-24/h5-14,17-18,27-28H,15-16H2,1-4H3/q+2/t27-,28+. The second kappa shape index (κ2) is 7.98. The highest BCUT2D eigenvalue weighted by Gasteiger charge is 2.27. The molecule has 1 aliphatic carbocycles. The van der Waals surface area contributed by atoms with Crippen molar-refractivity contribution in [1.29, 1.82) is 0 Å². The Balaban J connectivity index is 1.75. The second-order valence-electron chi connectivity index (χ2n) is 9.03. The Morgan fingerprint density at radius 2 is 0.900 bits per heavy atom. The summed E-state index contributed by atoms with van der Waals surface area (Å²) < 4.78 is 0. The summed E-state index contributed by atoms with van der Waals surface area (Å²) in [6.07, 6.45) is 11.8. The van der Waals surface area contributed by atoms with Gasteiger partial charge in [-0.15, -0.1) is 0 Å². The van der Waals surface area contributed by atoms with Crippen LogP contribution in [-0.4, -0.2) is 25.0 Å². The van der Waals surface area contributed by atoms with Crippen LogP contribution in [0.1, 0.15) is 32.8 Å². The molecule has 0 spiro atoms. The summed E-state index contributed by atoms with van der Waals surface area (Å²) >= 11 is 0. The lowest BCUT2D eigenvalue weighted by molar-refractivity contribution is 0.922. The third-order valence-corrected chi connectivity index (χ3v) is 9.74. The van der Waals surface area contributed by atoms with Gasteiger partial charge in [-0.3, -0.25) is 0 Å². The summed E-state index contributed by atoms with van der Waals surface area (Å²) in [4.78, 5) is 0. The van der Waals surface area contributed by atoms with E-state index < -0.39 is 0 Å². The van der Waals surface area contributed by atoms with Gasteiger partial charge in [-0.05, 0) is 66.6 Å². The van der Waals surface area contributed by atoms with Crippen molar-refractivity contribution >= 4 is 43.3 Å². The van der Waals surface area contributed by atoms with Crippen molar-refractivity contribution in [2.75, 3.05) is 25.0 Å². The minimum atomic E-state index is 0.310. The van der Waals surface area contributed by atoms with Crippen molar-refractivity contribution in [3.8, 4) is 0 Å². The van der Waals surface area contributed by atoms with Gasteiger partial charge in [0, 0.05) is 24.0 Å². The van der Waals surface area contributed by atoms with Crippen LogP contribution < -0.4 is 0 Å². The first-order valence-electron chi connectivity index (χ1n) is 10.7. The topological polar surface area (TPSA) is 0 Å². The first kappa shape index (κ1) is 20.0. The van der Waals surface area contributed by atoms with Crippen molar-refractivity contribution in [3.05, 3.63) is 95.1 Å². The molecule has 0 aliphatic heterocycles. The maximum absolute atomic E-state index is 2.47. The van der Waals surface area contributed by atoms with Gasteiger partial charge in [-0.25, -0.2) is 0 Å². The normalized spacial score (nSPS) is 19.0.